The molecule has 0 radical (unpaired) electrons. The highest BCUT2D eigenvalue weighted by Gasteiger charge is 2.56. The Balaban J connectivity index is 0.00000210. The van der Waals surface area contributed by atoms with Crippen molar-refractivity contribution in [2.24, 2.45) is 5.92 Å². The first-order chi connectivity index (χ1) is 12.4. The number of anilines is 1. The molecule has 0 bridgehead atoms. The molecule has 1 atom stereocenters. The zero-order chi connectivity index (χ0) is 18.5. The molecule has 7 nitrogen and oxygen atoms in total. The van der Waals surface area contributed by atoms with E-state index >= 15 is 0 Å². The Morgan fingerprint density at radius 1 is 1.37 bits per heavy atom. The summed E-state index contributed by atoms with van der Waals surface area (Å²) in [6, 6.07) is 2.72. The first-order valence-electron chi connectivity index (χ1n) is 8.85. The molecule has 0 aromatic heterocycles. The van der Waals surface area contributed by atoms with Crippen LogP contribution in [0.2, 0.25) is 0 Å². The van der Waals surface area contributed by atoms with E-state index in [4.69, 9.17) is 0 Å². The maximum atomic E-state index is 14.6. The van der Waals surface area contributed by atoms with Crippen molar-refractivity contribution in [3.63, 3.8) is 0 Å². The summed E-state index contributed by atoms with van der Waals surface area (Å²) in [5.74, 6) is -1.31. The number of urea groups is 1. The fraction of sp³-hybridized carbons (Fsp3) is 0.500. The number of halogens is 2. The third-order valence-corrected chi connectivity index (χ3v) is 5.48. The number of amides is 4. The number of imide groups is 1. The molecule has 1 aromatic carbocycles. The molecule has 1 unspecified atom stereocenters. The molecule has 1 saturated heterocycles. The van der Waals surface area contributed by atoms with Gasteiger partial charge in [0.25, 0.3) is 5.91 Å². The third-order valence-electron chi connectivity index (χ3n) is 5.48. The molecule has 2 aliphatic heterocycles. The Morgan fingerprint density at radius 3 is 2.81 bits per heavy atom. The van der Waals surface area contributed by atoms with Crippen molar-refractivity contribution in [3.8, 4) is 0 Å². The van der Waals surface area contributed by atoms with E-state index in [0.29, 0.717) is 25.1 Å². The van der Waals surface area contributed by atoms with Gasteiger partial charge in [0.15, 0.2) is 0 Å². The second kappa shape index (κ2) is 7.09. The lowest BCUT2D eigenvalue weighted by Crippen LogP contribution is -2.46. The predicted molar refractivity (Wildman–Crippen MR) is 99.1 cm³/mol. The van der Waals surface area contributed by atoms with Crippen LogP contribution in [0.4, 0.5) is 14.9 Å². The molecule has 0 spiro atoms. The van der Waals surface area contributed by atoms with Crippen LogP contribution in [0, 0.1) is 11.7 Å². The van der Waals surface area contributed by atoms with Gasteiger partial charge in [-0.15, -0.1) is 12.4 Å². The average molecular weight is 397 g/mol. The maximum absolute atomic E-state index is 14.6. The molecule has 3 aliphatic rings. The Labute approximate surface area is 162 Å². The summed E-state index contributed by atoms with van der Waals surface area (Å²) >= 11 is 0. The summed E-state index contributed by atoms with van der Waals surface area (Å²) in [4.78, 5) is 37.9. The number of hydrogen-bond donors (Lipinski definition) is 3. The summed E-state index contributed by atoms with van der Waals surface area (Å²) < 4.78 is 14.6. The zero-order valence-corrected chi connectivity index (χ0v) is 15.7. The summed E-state index contributed by atoms with van der Waals surface area (Å²) in [6.45, 7) is 2.55. The van der Waals surface area contributed by atoms with E-state index < -0.39 is 35.7 Å². The van der Waals surface area contributed by atoms with Crippen LogP contribution in [-0.2, 0) is 22.6 Å². The SMILES string of the molecule is CC1(C2CC2)NC(=O)N(CC(=O)Nc2ccc3c(c2F)CCNC3)C1=O.Cl. The molecule has 1 saturated carbocycles. The van der Waals surface area contributed by atoms with Gasteiger partial charge in [0.2, 0.25) is 5.91 Å². The van der Waals surface area contributed by atoms with Gasteiger partial charge in [-0.05, 0) is 55.8 Å². The summed E-state index contributed by atoms with van der Waals surface area (Å²) in [6.07, 6.45) is 2.33. The number of rotatable bonds is 4. The van der Waals surface area contributed by atoms with Gasteiger partial charge in [-0.3, -0.25) is 14.5 Å². The van der Waals surface area contributed by atoms with Crippen molar-refractivity contribution in [3.05, 3.63) is 29.1 Å². The van der Waals surface area contributed by atoms with Crippen molar-refractivity contribution in [2.45, 2.75) is 38.3 Å². The van der Waals surface area contributed by atoms with Crippen molar-refractivity contribution >= 4 is 35.9 Å². The Hall–Kier alpha value is -2.19. The van der Waals surface area contributed by atoms with Gasteiger partial charge >= 0.3 is 6.03 Å². The van der Waals surface area contributed by atoms with Crippen LogP contribution in [0.15, 0.2) is 12.1 Å². The minimum atomic E-state index is -0.929. The molecule has 1 aromatic rings. The minimum absolute atomic E-state index is 0. The van der Waals surface area contributed by atoms with Crippen molar-refractivity contribution in [1.29, 1.82) is 0 Å². The first kappa shape index (κ1) is 19.6. The molecular formula is C18H22ClFN4O3. The van der Waals surface area contributed by atoms with Gasteiger partial charge in [-0.25, -0.2) is 9.18 Å². The van der Waals surface area contributed by atoms with E-state index in [0.717, 1.165) is 23.3 Å². The average Bonchev–Trinajstić information content (AvgIpc) is 3.44. The first-order valence-corrected chi connectivity index (χ1v) is 8.85. The lowest BCUT2D eigenvalue weighted by atomic mass is 9.96. The zero-order valence-electron chi connectivity index (χ0n) is 14.9. The number of hydrogen-bond acceptors (Lipinski definition) is 4. The van der Waals surface area contributed by atoms with Gasteiger partial charge in [0, 0.05) is 6.54 Å². The van der Waals surface area contributed by atoms with Crippen LogP contribution >= 0.6 is 12.4 Å². The Kier molecular flexibility index (Phi) is 5.14. The molecule has 9 heteroatoms. The van der Waals surface area contributed by atoms with Gasteiger partial charge < -0.3 is 16.0 Å². The molecule has 3 N–H and O–H groups in total. The molecule has 27 heavy (non-hydrogen) atoms. The summed E-state index contributed by atoms with van der Waals surface area (Å²) in [7, 11) is 0. The van der Waals surface area contributed by atoms with Gasteiger partial charge in [0.1, 0.15) is 17.9 Å². The van der Waals surface area contributed by atoms with E-state index in [1.165, 1.54) is 6.07 Å². The van der Waals surface area contributed by atoms with E-state index in [2.05, 4.69) is 16.0 Å². The topological polar surface area (TPSA) is 90.5 Å². The largest absolute Gasteiger partial charge is 0.325 e. The molecule has 2 heterocycles. The highest BCUT2D eigenvalue weighted by atomic mass is 35.5. The van der Waals surface area contributed by atoms with E-state index in [9.17, 15) is 18.8 Å². The fourth-order valence-electron chi connectivity index (χ4n) is 3.76. The molecule has 2 fully saturated rings. The highest BCUT2D eigenvalue weighted by molar-refractivity contribution is 6.10. The normalized spacial score (nSPS) is 24.1. The van der Waals surface area contributed by atoms with Crippen LogP contribution in [0.3, 0.4) is 0 Å². The predicted octanol–water partition coefficient (Wildman–Crippen LogP) is 1.55. The quantitative estimate of drug-likeness (QED) is 0.673. The second-order valence-electron chi connectivity index (χ2n) is 7.34. The summed E-state index contributed by atoms with van der Waals surface area (Å²) in [5.41, 5.74) is 0.619. The lowest BCUT2D eigenvalue weighted by molar-refractivity contribution is -0.134. The number of fused-ring (bicyclic) bond motifs is 1. The van der Waals surface area contributed by atoms with Crippen LogP contribution in [0.25, 0.3) is 0 Å². The number of carbonyl (C=O) groups excluding carboxylic acids is 3. The fourth-order valence-corrected chi connectivity index (χ4v) is 3.76. The molecule has 4 amide bonds. The van der Waals surface area contributed by atoms with Crippen LogP contribution in [0.5, 0.6) is 0 Å². The number of carbonyl (C=O) groups is 3. The van der Waals surface area contributed by atoms with Gasteiger partial charge in [-0.1, -0.05) is 6.07 Å². The monoisotopic (exact) mass is 396 g/mol. The lowest BCUT2D eigenvalue weighted by Gasteiger charge is -2.21. The molecule has 1 aliphatic carbocycles. The number of benzene rings is 1. The van der Waals surface area contributed by atoms with Crippen LogP contribution in [-0.4, -0.2) is 41.4 Å². The van der Waals surface area contributed by atoms with E-state index in [1.54, 1.807) is 13.0 Å². The summed E-state index contributed by atoms with van der Waals surface area (Å²) in [5, 5.41) is 8.35. The van der Waals surface area contributed by atoms with Crippen LogP contribution < -0.4 is 16.0 Å². The third kappa shape index (κ3) is 3.39. The second-order valence-corrected chi connectivity index (χ2v) is 7.34. The van der Waals surface area contributed by atoms with Crippen molar-refractivity contribution in [2.75, 3.05) is 18.4 Å². The smallest absolute Gasteiger partial charge is 0.323 e. The minimum Gasteiger partial charge on any atom is -0.323 e. The van der Waals surface area contributed by atoms with Crippen molar-refractivity contribution < 1.29 is 18.8 Å². The molecular weight excluding hydrogens is 375 g/mol. The van der Waals surface area contributed by atoms with E-state index in [-0.39, 0.29) is 24.0 Å². The highest BCUT2D eigenvalue weighted by Crippen LogP contribution is 2.42. The molecule has 146 valence electrons. The standard InChI is InChI=1S/C18H21FN4O3.ClH/c1-18(11-3-4-11)16(25)23(17(26)22-18)9-14(24)21-13-5-2-10-8-20-7-6-12(10)15(13)19;/h2,5,11,20H,3-4,6-9H2,1H3,(H,21,24)(H,22,26);1H. The van der Waals surface area contributed by atoms with Gasteiger partial charge in [-0.2, -0.15) is 0 Å². The number of nitrogens with one attached hydrogen (secondary N) is 3. The van der Waals surface area contributed by atoms with Gasteiger partial charge in [0.05, 0.1) is 5.69 Å². The Bertz CT molecular complexity index is 814. The number of nitrogens with zero attached hydrogens (tertiary/aromatic N) is 1. The van der Waals surface area contributed by atoms with Crippen molar-refractivity contribution in [1.82, 2.24) is 15.5 Å². The molecule has 4 rings (SSSR count). The Morgan fingerprint density at radius 2 is 2.11 bits per heavy atom. The van der Waals surface area contributed by atoms with Crippen LogP contribution in [0.1, 0.15) is 30.9 Å². The van der Waals surface area contributed by atoms with E-state index in [1.807, 2.05) is 0 Å². The maximum Gasteiger partial charge on any atom is 0.325 e.